The summed E-state index contributed by atoms with van der Waals surface area (Å²) in [6, 6.07) is 6.28. The molecule has 0 bridgehead atoms. The number of hydrogen-bond acceptors (Lipinski definition) is 9. The minimum atomic E-state index is 0.473. The molecule has 0 atom stereocenters. The second kappa shape index (κ2) is 10.1. The summed E-state index contributed by atoms with van der Waals surface area (Å²) in [4.78, 5) is 19.0. The lowest BCUT2D eigenvalue weighted by Gasteiger charge is -2.35. The van der Waals surface area contributed by atoms with Crippen LogP contribution >= 0.6 is 0 Å². The number of aliphatic imine (C=N–C) groups is 1. The number of hydrogen-bond donors (Lipinski definition) is 0. The van der Waals surface area contributed by atoms with Gasteiger partial charge in [0, 0.05) is 69.7 Å². The van der Waals surface area contributed by atoms with Gasteiger partial charge in [-0.2, -0.15) is 15.5 Å². The first-order chi connectivity index (χ1) is 18.6. The SMILES string of the molecule is COC1=NC(CN2CCN(c3ccc(-c4nc(-c5cnn(C)c5)cn5ncc(C#N)c45)cn3)CC2)=CCC1. The van der Waals surface area contributed by atoms with Gasteiger partial charge in [0.2, 0.25) is 0 Å². The van der Waals surface area contributed by atoms with Crippen LogP contribution in [0, 0.1) is 11.3 Å². The number of nitriles is 1. The molecule has 2 aliphatic rings. The molecule has 0 N–H and O–H groups in total. The number of allylic oxidation sites excluding steroid dienone is 1. The maximum Gasteiger partial charge on any atom is 0.188 e. The lowest BCUT2D eigenvalue weighted by molar-refractivity contribution is 0.275. The minimum absolute atomic E-state index is 0.473. The first-order valence-electron chi connectivity index (χ1n) is 12.6. The van der Waals surface area contributed by atoms with Gasteiger partial charge >= 0.3 is 0 Å². The Labute approximate surface area is 220 Å². The zero-order chi connectivity index (χ0) is 26.1. The molecule has 11 heteroatoms. The van der Waals surface area contributed by atoms with Gasteiger partial charge in [0.05, 0.1) is 42.8 Å². The first kappa shape index (κ1) is 23.8. The predicted molar refractivity (Wildman–Crippen MR) is 144 cm³/mol. The number of aromatic nitrogens is 6. The van der Waals surface area contributed by atoms with E-state index in [4.69, 9.17) is 14.7 Å². The number of pyridine rings is 1. The van der Waals surface area contributed by atoms with E-state index in [9.17, 15) is 5.26 Å². The summed E-state index contributed by atoms with van der Waals surface area (Å²) in [6.45, 7) is 4.50. The van der Waals surface area contributed by atoms with Gasteiger partial charge in [0.1, 0.15) is 23.0 Å². The molecule has 6 heterocycles. The minimum Gasteiger partial charge on any atom is -0.484 e. The van der Waals surface area contributed by atoms with Crippen molar-refractivity contribution in [2.75, 3.05) is 44.7 Å². The highest BCUT2D eigenvalue weighted by Gasteiger charge is 2.21. The molecule has 0 aromatic carbocycles. The number of nitrogens with zero attached hydrogens (tertiary/aromatic N) is 10. The zero-order valence-corrected chi connectivity index (χ0v) is 21.4. The lowest BCUT2D eigenvalue weighted by Crippen LogP contribution is -2.47. The number of piperazine rings is 1. The normalized spacial score (nSPS) is 16.3. The molecule has 2 aliphatic heterocycles. The van der Waals surface area contributed by atoms with Crippen LogP contribution in [0.5, 0.6) is 0 Å². The molecule has 38 heavy (non-hydrogen) atoms. The van der Waals surface area contributed by atoms with Crippen LogP contribution < -0.4 is 4.90 Å². The van der Waals surface area contributed by atoms with Crippen LogP contribution in [0.15, 0.2) is 59.9 Å². The Balaban J connectivity index is 1.21. The average molecular weight is 509 g/mol. The van der Waals surface area contributed by atoms with Crippen molar-refractivity contribution in [1.29, 1.82) is 5.26 Å². The number of methoxy groups -OCH3 is 1. The van der Waals surface area contributed by atoms with Crippen molar-refractivity contribution in [1.82, 2.24) is 34.3 Å². The van der Waals surface area contributed by atoms with E-state index in [0.29, 0.717) is 16.8 Å². The Bertz CT molecular complexity index is 1570. The molecule has 4 aromatic heterocycles. The third-order valence-electron chi connectivity index (χ3n) is 6.96. The second-order valence-electron chi connectivity index (χ2n) is 9.45. The van der Waals surface area contributed by atoms with Gasteiger partial charge in [-0.1, -0.05) is 6.08 Å². The number of aryl methyl sites for hydroxylation is 1. The molecule has 1 saturated heterocycles. The summed E-state index contributed by atoms with van der Waals surface area (Å²) in [5, 5.41) is 18.3. The largest absolute Gasteiger partial charge is 0.484 e. The molecule has 11 nitrogen and oxygen atoms in total. The molecule has 0 radical (unpaired) electrons. The summed E-state index contributed by atoms with van der Waals surface area (Å²) in [7, 11) is 3.55. The van der Waals surface area contributed by atoms with E-state index in [2.05, 4.69) is 37.1 Å². The van der Waals surface area contributed by atoms with Crippen LogP contribution in [0.4, 0.5) is 5.82 Å². The van der Waals surface area contributed by atoms with Gasteiger partial charge in [-0.05, 0) is 18.6 Å². The van der Waals surface area contributed by atoms with Gasteiger partial charge in [-0.15, -0.1) is 0 Å². The molecule has 0 amide bonds. The van der Waals surface area contributed by atoms with Crippen LogP contribution in [-0.2, 0) is 11.8 Å². The molecule has 192 valence electrons. The van der Waals surface area contributed by atoms with E-state index >= 15 is 0 Å². The molecule has 4 aromatic rings. The smallest absolute Gasteiger partial charge is 0.188 e. The molecular formula is C27H28N10O. The van der Waals surface area contributed by atoms with E-state index < -0.39 is 0 Å². The first-order valence-corrected chi connectivity index (χ1v) is 12.6. The van der Waals surface area contributed by atoms with Gasteiger partial charge in [0.15, 0.2) is 5.90 Å². The number of ether oxygens (including phenoxy) is 1. The summed E-state index contributed by atoms with van der Waals surface area (Å²) in [6.07, 6.45) is 13.0. The van der Waals surface area contributed by atoms with Crippen molar-refractivity contribution < 1.29 is 4.74 Å². The van der Waals surface area contributed by atoms with Gasteiger partial charge in [0.25, 0.3) is 0 Å². The van der Waals surface area contributed by atoms with Crippen LogP contribution in [0.3, 0.4) is 0 Å². The number of rotatable bonds is 5. The molecular weight excluding hydrogens is 480 g/mol. The van der Waals surface area contributed by atoms with Crippen molar-refractivity contribution in [2.24, 2.45) is 12.0 Å². The van der Waals surface area contributed by atoms with E-state index in [1.54, 1.807) is 28.7 Å². The fourth-order valence-corrected chi connectivity index (χ4v) is 4.94. The maximum absolute atomic E-state index is 9.66. The molecule has 6 rings (SSSR count). The van der Waals surface area contributed by atoms with Gasteiger partial charge in [-0.3, -0.25) is 9.58 Å². The van der Waals surface area contributed by atoms with E-state index in [1.807, 2.05) is 37.8 Å². The summed E-state index contributed by atoms with van der Waals surface area (Å²) < 4.78 is 8.77. The highest BCUT2D eigenvalue weighted by molar-refractivity contribution is 5.83. The van der Waals surface area contributed by atoms with Crippen LogP contribution in [-0.4, -0.2) is 80.0 Å². The average Bonchev–Trinajstić information content (AvgIpc) is 3.59. The van der Waals surface area contributed by atoms with E-state index in [1.165, 1.54) is 0 Å². The second-order valence-corrected chi connectivity index (χ2v) is 9.45. The fourth-order valence-electron chi connectivity index (χ4n) is 4.94. The standard InChI is InChI=1S/C27H28N10O/c1-34-16-21(15-30-34)23-18-37-27(20(12-28)14-31-37)26(33-23)19-6-7-24(29-13-19)36-10-8-35(9-11-36)17-22-4-3-5-25(32-22)38-2/h4,6-7,13-16,18H,3,5,8-11,17H2,1-2H3. The summed E-state index contributed by atoms with van der Waals surface area (Å²) in [5.74, 6) is 1.75. The summed E-state index contributed by atoms with van der Waals surface area (Å²) in [5.41, 5.74) is 5.33. The Hall–Kier alpha value is -4.56. The van der Waals surface area contributed by atoms with Crippen molar-refractivity contribution in [3.05, 3.63) is 60.5 Å². The lowest BCUT2D eigenvalue weighted by atomic mass is 10.1. The van der Waals surface area contributed by atoms with Gasteiger partial charge in [-0.25, -0.2) is 19.5 Å². The highest BCUT2D eigenvalue weighted by atomic mass is 16.5. The number of anilines is 1. The van der Waals surface area contributed by atoms with Crippen molar-refractivity contribution in [3.8, 4) is 28.6 Å². The summed E-state index contributed by atoms with van der Waals surface area (Å²) >= 11 is 0. The molecule has 0 aliphatic carbocycles. The van der Waals surface area contributed by atoms with Crippen molar-refractivity contribution in [2.45, 2.75) is 12.8 Å². The Morgan fingerprint density at radius 2 is 1.89 bits per heavy atom. The maximum atomic E-state index is 9.66. The molecule has 0 saturated carbocycles. The monoisotopic (exact) mass is 508 g/mol. The van der Waals surface area contributed by atoms with E-state index in [-0.39, 0.29) is 0 Å². The molecule has 0 unspecified atom stereocenters. The third-order valence-corrected chi connectivity index (χ3v) is 6.96. The topological polar surface area (TPSA) is 113 Å². The van der Waals surface area contributed by atoms with Crippen LogP contribution in [0.25, 0.3) is 28.0 Å². The third kappa shape index (κ3) is 4.62. The van der Waals surface area contributed by atoms with E-state index in [0.717, 1.165) is 79.8 Å². The quantitative estimate of drug-likeness (QED) is 0.404. The van der Waals surface area contributed by atoms with Crippen molar-refractivity contribution in [3.63, 3.8) is 0 Å². The van der Waals surface area contributed by atoms with Gasteiger partial charge < -0.3 is 9.64 Å². The highest BCUT2D eigenvalue weighted by Crippen LogP contribution is 2.29. The fraction of sp³-hybridized carbons (Fsp3) is 0.333. The van der Waals surface area contributed by atoms with Crippen LogP contribution in [0.2, 0.25) is 0 Å². The van der Waals surface area contributed by atoms with Crippen LogP contribution in [0.1, 0.15) is 18.4 Å². The Kier molecular flexibility index (Phi) is 6.31. The van der Waals surface area contributed by atoms with Crippen molar-refractivity contribution >= 4 is 17.2 Å². The molecule has 1 fully saturated rings. The Morgan fingerprint density at radius 3 is 2.61 bits per heavy atom. The molecule has 0 spiro atoms. The number of fused-ring (bicyclic) bond motifs is 1. The predicted octanol–water partition coefficient (Wildman–Crippen LogP) is 2.91. The Morgan fingerprint density at radius 1 is 1.03 bits per heavy atom. The zero-order valence-electron chi connectivity index (χ0n) is 21.4.